The number of nitrogen functional groups attached to an aromatic ring is 1. The first kappa shape index (κ1) is 11.3. The van der Waals surface area contributed by atoms with Gasteiger partial charge in [0.05, 0.1) is 5.69 Å². The number of fused-ring (bicyclic) bond motifs is 1. The Balaban J connectivity index is 1.84. The molecule has 3 N–H and O–H groups in total. The number of aryl methyl sites for hydroxylation is 1. The maximum Gasteiger partial charge on any atom is 0.0700 e. The molecule has 0 atom stereocenters. The Morgan fingerprint density at radius 1 is 1.06 bits per heavy atom. The van der Waals surface area contributed by atoms with E-state index in [1.165, 1.54) is 48.2 Å². The number of hydrogen-bond acceptors (Lipinski definition) is 2. The number of benzene rings is 1. The Labute approximate surface area is 107 Å². The first-order valence-corrected chi connectivity index (χ1v) is 6.72. The lowest BCUT2D eigenvalue weighted by Crippen LogP contribution is -1.95. The molecule has 3 heteroatoms. The molecule has 0 bridgehead atoms. The molecule has 18 heavy (non-hydrogen) atoms. The maximum atomic E-state index is 5.71. The number of anilines is 1. The monoisotopic (exact) mass is 241 g/mol. The number of H-pyrrole nitrogens is 1. The molecule has 94 valence electrons. The van der Waals surface area contributed by atoms with Gasteiger partial charge in [-0.1, -0.05) is 18.6 Å². The highest BCUT2D eigenvalue weighted by Crippen LogP contribution is 2.23. The summed E-state index contributed by atoms with van der Waals surface area (Å²) in [6, 6.07) is 8.10. The molecule has 0 saturated carbocycles. The van der Waals surface area contributed by atoms with Gasteiger partial charge in [-0.15, -0.1) is 0 Å². The quantitative estimate of drug-likeness (QED) is 0.627. The molecule has 1 aliphatic carbocycles. The molecule has 0 spiro atoms. The second kappa shape index (κ2) is 4.84. The Morgan fingerprint density at radius 3 is 2.67 bits per heavy atom. The topological polar surface area (TPSA) is 54.7 Å². The Hall–Kier alpha value is -1.77. The van der Waals surface area contributed by atoms with Crippen molar-refractivity contribution in [3.8, 4) is 0 Å². The van der Waals surface area contributed by atoms with Crippen LogP contribution in [0.3, 0.4) is 0 Å². The van der Waals surface area contributed by atoms with Gasteiger partial charge in [-0.3, -0.25) is 5.10 Å². The zero-order valence-electron chi connectivity index (χ0n) is 10.6. The van der Waals surface area contributed by atoms with E-state index in [0.29, 0.717) is 0 Å². The van der Waals surface area contributed by atoms with E-state index >= 15 is 0 Å². The molecule has 1 heterocycles. The molecular weight excluding hydrogens is 222 g/mol. The highest BCUT2D eigenvalue weighted by Gasteiger charge is 2.15. The van der Waals surface area contributed by atoms with Crippen molar-refractivity contribution in [3.05, 3.63) is 46.8 Å². The minimum Gasteiger partial charge on any atom is -0.399 e. The van der Waals surface area contributed by atoms with Crippen LogP contribution in [-0.4, -0.2) is 10.2 Å². The van der Waals surface area contributed by atoms with Crippen LogP contribution in [0.25, 0.3) is 0 Å². The van der Waals surface area contributed by atoms with Crippen LogP contribution < -0.4 is 5.73 Å². The molecule has 1 aromatic heterocycles. The molecule has 3 nitrogen and oxygen atoms in total. The van der Waals surface area contributed by atoms with Crippen molar-refractivity contribution < 1.29 is 0 Å². The van der Waals surface area contributed by atoms with Crippen molar-refractivity contribution in [2.75, 3.05) is 5.73 Å². The summed E-state index contributed by atoms with van der Waals surface area (Å²) >= 11 is 0. The van der Waals surface area contributed by atoms with E-state index in [2.05, 4.69) is 22.3 Å². The third-order valence-electron chi connectivity index (χ3n) is 3.74. The lowest BCUT2D eigenvalue weighted by Gasteiger charge is -2.03. The van der Waals surface area contributed by atoms with Gasteiger partial charge in [0.1, 0.15) is 0 Å². The van der Waals surface area contributed by atoms with Gasteiger partial charge in [0, 0.05) is 17.8 Å². The van der Waals surface area contributed by atoms with E-state index in [-0.39, 0.29) is 0 Å². The smallest absolute Gasteiger partial charge is 0.0700 e. The van der Waals surface area contributed by atoms with Crippen LogP contribution in [0.5, 0.6) is 0 Å². The zero-order valence-corrected chi connectivity index (χ0v) is 10.6. The predicted molar refractivity (Wildman–Crippen MR) is 73.5 cm³/mol. The molecule has 1 aliphatic rings. The number of nitrogens with one attached hydrogen (secondary N) is 1. The average Bonchev–Trinajstić information content (AvgIpc) is 2.62. The number of aromatic nitrogens is 2. The normalized spacial score (nSPS) is 15.1. The van der Waals surface area contributed by atoms with Crippen molar-refractivity contribution in [3.63, 3.8) is 0 Å². The molecule has 0 fully saturated rings. The minimum absolute atomic E-state index is 0.819. The second-order valence-corrected chi connectivity index (χ2v) is 5.11. The standard InChI is InChI=1S/C15H19N3/c16-12-8-6-11(7-9-12)10-15-13-4-2-1-3-5-14(13)17-18-15/h6-9H,1-5,10,16H2,(H,17,18). The molecule has 0 unspecified atom stereocenters. The summed E-state index contributed by atoms with van der Waals surface area (Å²) < 4.78 is 0. The van der Waals surface area contributed by atoms with Gasteiger partial charge in [0.2, 0.25) is 0 Å². The fourth-order valence-corrected chi connectivity index (χ4v) is 2.70. The summed E-state index contributed by atoms with van der Waals surface area (Å²) in [5.74, 6) is 0. The molecule has 2 aromatic rings. The average molecular weight is 241 g/mol. The van der Waals surface area contributed by atoms with E-state index in [1.807, 2.05) is 12.1 Å². The van der Waals surface area contributed by atoms with Gasteiger partial charge in [-0.25, -0.2) is 0 Å². The summed E-state index contributed by atoms with van der Waals surface area (Å²) in [7, 11) is 0. The van der Waals surface area contributed by atoms with Crippen LogP contribution in [0.1, 0.15) is 41.8 Å². The molecule has 0 saturated heterocycles. The van der Waals surface area contributed by atoms with E-state index in [1.54, 1.807) is 0 Å². The van der Waals surface area contributed by atoms with Gasteiger partial charge < -0.3 is 5.73 Å². The van der Waals surface area contributed by atoms with Gasteiger partial charge in [-0.05, 0) is 48.9 Å². The SMILES string of the molecule is Nc1ccc(Cc2n[nH]c3c2CCCCC3)cc1. The van der Waals surface area contributed by atoms with Crippen molar-refractivity contribution in [2.45, 2.75) is 38.5 Å². The summed E-state index contributed by atoms with van der Waals surface area (Å²) in [6.07, 6.45) is 7.16. The molecular formula is C15H19N3. The molecule has 3 rings (SSSR count). The lowest BCUT2D eigenvalue weighted by atomic mass is 10.0. The first-order valence-electron chi connectivity index (χ1n) is 6.72. The van der Waals surface area contributed by atoms with Crippen LogP contribution in [0.2, 0.25) is 0 Å². The van der Waals surface area contributed by atoms with Crippen LogP contribution in [0, 0.1) is 0 Å². The van der Waals surface area contributed by atoms with E-state index < -0.39 is 0 Å². The highest BCUT2D eigenvalue weighted by atomic mass is 15.1. The molecule has 0 aliphatic heterocycles. The third-order valence-corrected chi connectivity index (χ3v) is 3.74. The van der Waals surface area contributed by atoms with Crippen LogP contribution in [-0.2, 0) is 19.3 Å². The summed E-state index contributed by atoms with van der Waals surface area (Å²) in [4.78, 5) is 0. The van der Waals surface area contributed by atoms with E-state index in [4.69, 9.17) is 5.73 Å². The predicted octanol–water partition coefficient (Wildman–Crippen LogP) is 2.85. The second-order valence-electron chi connectivity index (χ2n) is 5.11. The van der Waals surface area contributed by atoms with Crippen molar-refractivity contribution in [1.29, 1.82) is 0 Å². The number of nitrogens with zero attached hydrogens (tertiary/aromatic N) is 1. The van der Waals surface area contributed by atoms with Crippen LogP contribution >= 0.6 is 0 Å². The fourth-order valence-electron chi connectivity index (χ4n) is 2.70. The highest BCUT2D eigenvalue weighted by molar-refractivity contribution is 5.41. The number of hydrogen-bond donors (Lipinski definition) is 2. The Kier molecular flexibility index (Phi) is 3.05. The van der Waals surface area contributed by atoms with Gasteiger partial charge >= 0.3 is 0 Å². The first-order chi connectivity index (χ1) is 8.83. The zero-order chi connectivity index (χ0) is 12.4. The van der Waals surface area contributed by atoms with Crippen molar-refractivity contribution >= 4 is 5.69 Å². The van der Waals surface area contributed by atoms with Crippen LogP contribution in [0.4, 0.5) is 5.69 Å². The largest absolute Gasteiger partial charge is 0.399 e. The molecule has 0 radical (unpaired) electrons. The maximum absolute atomic E-state index is 5.71. The summed E-state index contributed by atoms with van der Waals surface area (Å²) in [5, 5.41) is 7.72. The van der Waals surface area contributed by atoms with Crippen molar-refractivity contribution in [1.82, 2.24) is 10.2 Å². The van der Waals surface area contributed by atoms with Gasteiger partial charge in [0.15, 0.2) is 0 Å². The van der Waals surface area contributed by atoms with Crippen molar-refractivity contribution in [2.24, 2.45) is 0 Å². The van der Waals surface area contributed by atoms with E-state index in [9.17, 15) is 0 Å². The minimum atomic E-state index is 0.819. The molecule has 1 aromatic carbocycles. The Bertz CT molecular complexity index is 525. The Morgan fingerprint density at radius 2 is 1.83 bits per heavy atom. The molecule has 0 amide bonds. The summed E-state index contributed by atoms with van der Waals surface area (Å²) in [5.41, 5.74) is 11.8. The number of aromatic amines is 1. The van der Waals surface area contributed by atoms with Crippen LogP contribution in [0.15, 0.2) is 24.3 Å². The fraction of sp³-hybridized carbons (Fsp3) is 0.400. The number of nitrogens with two attached hydrogens (primary N) is 1. The lowest BCUT2D eigenvalue weighted by molar-refractivity contribution is 0.699. The van der Waals surface area contributed by atoms with Gasteiger partial charge in [0.25, 0.3) is 0 Å². The summed E-state index contributed by atoms with van der Waals surface area (Å²) in [6.45, 7) is 0. The van der Waals surface area contributed by atoms with E-state index in [0.717, 1.165) is 18.5 Å². The third kappa shape index (κ3) is 2.26. The number of rotatable bonds is 2. The van der Waals surface area contributed by atoms with Gasteiger partial charge in [-0.2, -0.15) is 5.10 Å².